The molecule has 0 aliphatic carbocycles. The number of aromatic nitrogens is 2. The Morgan fingerprint density at radius 1 is 1.29 bits per heavy atom. The summed E-state index contributed by atoms with van der Waals surface area (Å²) in [6.45, 7) is 7.09. The van der Waals surface area contributed by atoms with Crippen molar-refractivity contribution in [2.45, 2.75) is 63.6 Å². The number of sulfonamides is 1. The first kappa shape index (κ1) is 27.2. The molecule has 1 amide bonds. The Hall–Kier alpha value is -2.44. The van der Waals surface area contributed by atoms with Crippen LogP contribution in [0.25, 0.3) is 0 Å². The molecular weight excluding hydrogens is 490 g/mol. The number of nitrogen functional groups attached to an aromatic ring is 1. The molecule has 1 aliphatic rings. The molecule has 0 bridgehead atoms. The number of nitrogens with one attached hydrogen (secondary N) is 1. The van der Waals surface area contributed by atoms with Crippen molar-refractivity contribution in [1.82, 2.24) is 13.9 Å². The number of hydrogen-bond donors (Lipinski definition) is 2. The number of piperidine rings is 1. The van der Waals surface area contributed by atoms with Crippen LogP contribution >= 0.6 is 11.3 Å². The van der Waals surface area contributed by atoms with Crippen LogP contribution in [-0.2, 0) is 21.4 Å². The summed E-state index contributed by atoms with van der Waals surface area (Å²) in [5.74, 6) is -0.458. The largest absolute Gasteiger partial charge is 0.383 e. The number of nitrogens with two attached hydrogens (primary N) is 1. The molecule has 0 spiro atoms. The average molecular weight is 526 g/mol. The normalized spacial score (nSPS) is 15.5. The number of anilines is 2. The molecule has 194 valence electrons. The first-order valence-electron chi connectivity index (χ1n) is 12.1. The highest BCUT2D eigenvalue weighted by molar-refractivity contribution is 7.91. The van der Waals surface area contributed by atoms with Gasteiger partial charge in [0.2, 0.25) is 5.91 Å². The molecule has 1 fully saturated rings. The van der Waals surface area contributed by atoms with Crippen LogP contribution < -0.4 is 21.9 Å². The highest BCUT2D eigenvalue weighted by Crippen LogP contribution is 2.29. The summed E-state index contributed by atoms with van der Waals surface area (Å²) in [7, 11) is -3.58. The third-order valence-electron chi connectivity index (χ3n) is 6.31. The third-order valence-corrected chi connectivity index (χ3v) is 9.58. The van der Waals surface area contributed by atoms with Crippen molar-refractivity contribution in [2.24, 2.45) is 11.8 Å². The second-order valence-corrected chi connectivity index (χ2v) is 12.4. The van der Waals surface area contributed by atoms with Crippen LogP contribution in [-0.4, -0.2) is 47.8 Å². The van der Waals surface area contributed by atoms with Crippen molar-refractivity contribution in [1.29, 1.82) is 0 Å². The van der Waals surface area contributed by atoms with Crippen LogP contribution in [0, 0.1) is 11.8 Å². The number of aromatic amines is 1. The highest BCUT2D eigenvalue weighted by atomic mass is 32.2. The van der Waals surface area contributed by atoms with Crippen LogP contribution in [0.5, 0.6) is 0 Å². The Morgan fingerprint density at radius 3 is 2.54 bits per heavy atom. The number of thiophene rings is 1. The second-order valence-electron chi connectivity index (χ2n) is 9.28. The number of nitrogens with zero attached hydrogens (tertiary/aromatic N) is 3. The summed E-state index contributed by atoms with van der Waals surface area (Å²) in [5.41, 5.74) is 5.02. The summed E-state index contributed by atoms with van der Waals surface area (Å²) in [6, 6.07) is 3.27. The van der Waals surface area contributed by atoms with E-state index in [1.807, 2.05) is 20.8 Å². The van der Waals surface area contributed by atoms with Crippen molar-refractivity contribution in [3.8, 4) is 0 Å². The number of rotatable bonds is 10. The fourth-order valence-electron chi connectivity index (χ4n) is 4.20. The van der Waals surface area contributed by atoms with Gasteiger partial charge in [0.05, 0.1) is 0 Å². The van der Waals surface area contributed by atoms with E-state index < -0.39 is 27.2 Å². The minimum atomic E-state index is -3.58. The van der Waals surface area contributed by atoms with Gasteiger partial charge in [0, 0.05) is 32.1 Å². The molecular formula is C23H35N5O5S2. The van der Waals surface area contributed by atoms with Crippen LogP contribution in [0.2, 0.25) is 0 Å². The fraction of sp³-hybridized carbons (Fsp3) is 0.609. The van der Waals surface area contributed by atoms with E-state index in [2.05, 4.69) is 4.98 Å². The number of hydrogen-bond acceptors (Lipinski definition) is 7. The van der Waals surface area contributed by atoms with E-state index in [1.54, 1.807) is 17.5 Å². The topological polar surface area (TPSA) is 139 Å². The SMILES string of the molecule is CCCCn1c(N)c(N(CCC(C)C)C(=O)C2CCN(S(=O)(=O)c3cccs3)CC2)c(=O)[nH]c1=O. The fourth-order valence-corrected chi connectivity index (χ4v) is 6.81. The summed E-state index contributed by atoms with van der Waals surface area (Å²) in [6.07, 6.45) is 2.87. The number of unbranched alkanes of at least 4 members (excludes halogenated alkanes) is 1. The molecule has 10 nitrogen and oxygen atoms in total. The molecule has 1 saturated heterocycles. The monoisotopic (exact) mass is 525 g/mol. The van der Waals surface area contributed by atoms with Crippen LogP contribution in [0.1, 0.15) is 52.9 Å². The van der Waals surface area contributed by atoms with Crippen LogP contribution in [0.4, 0.5) is 11.5 Å². The van der Waals surface area contributed by atoms with Gasteiger partial charge in [0.25, 0.3) is 15.6 Å². The zero-order valence-electron chi connectivity index (χ0n) is 20.5. The van der Waals surface area contributed by atoms with E-state index in [4.69, 9.17) is 5.73 Å². The zero-order chi connectivity index (χ0) is 25.8. The second kappa shape index (κ2) is 11.5. The lowest BCUT2D eigenvalue weighted by Gasteiger charge is -2.34. The van der Waals surface area contributed by atoms with E-state index in [9.17, 15) is 22.8 Å². The maximum absolute atomic E-state index is 13.7. The maximum Gasteiger partial charge on any atom is 0.330 e. The molecule has 2 aromatic rings. The number of carbonyl (C=O) groups is 1. The van der Waals surface area contributed by atoms with Crippen molar-refractivity contribution in [2.75, 3.05) is 30.3 Å². The highest BCUT2D eigenvalue weighted by Gasteiger charge is 2.36. The third kappa shape index (κ3) is 6.04. The van der Waals surface area contributed by atoms with Gasteiger partial charge in [0.15, 0.2) is 5.69 Å². The molecule has 1 aliphatic heterocycles. The Balaban J connectivity index is 1.87. The van der Waals surface area contributed by atoms with Crippen molar-refractivity contribution >= 4 is 38.8 Å². The summed E-state index contributed by atoms with van der Waals surface area (Å²) in [5, 5.41) is 1.72. The van der Waals surface area contributed by atoms with Crippen LogP contribution in [0.3, 0.4) is 0 Å². The molecule has 2 aromatic heterocycles. The van der Waals surface area contributed by atoms with Crippen molar-refractivity contribution in [3.63, 3.8) is 0 Å². The molecule has 0 saturated carbocycles. The minimum absolute atomic E-state index is 0.00000950. The number of amides is 1. The van der Waals surface area contributed by atoms with E-state index in [0.717, 1.165) is 6.42 Å². The first-order valence-corrected chi connectivity index (χ1v) is 14.4. The van der Waals surface area contributed by atoms with Gasteiger partial charge in [-0.25, -0.2) is 13.2 Å². The van der Waals surface area contributed by atoms with E-state index in [1.165, 1.54) is 25.1 Å². The molecule has 0 unspecified atom stereocenters. The van der Waals surface area contributed by atoms with E-state index >= 15 is 0 Å². The molecule has 35 heavy (non-hydrogen) atoms. The lowest BCUT2D eigenvalue weighted by molar-refractivity contribution is -0.123. The molecule has 0 aromatic carbocycles. The van der Waals surface area contributed by atoms with Gasteiger partial charge in [-0.2, -0.15) is 4.31 Å². The van der Waals surface area contributed by atoms with Crippen molar-refractivity contribution < 1.29 is 13.2 Å². The summed E-state index contributed by atoms with van der Waals surface area (Å²) >= 11 is 1.17. The molecule has 0 radical (unpaired) electrons. The average Bonchev–Trinajstić information content (AvgIpc) is 3.36. The van der Waals surface area contributed by atoms with Gasteiger partial charge in [-0.05, 0) is 43.0 Å². The van der Waals surface area contributed by atoms with Crippen molar-refractivity contribution in [3.05, 3.63) is 38.4 Å². The Bertz CT molecular complexity index is 1230. The van der Waals surface area contributed by atoms with E-state index in [-0.39, 0.29) is 47.2 Å². The summed E-state index contributed by atoms with van der Waals surface area (Å²) < 4.78 is 28.7. The molecule has 3 heterocycles. The van der Waals surface area contributed by atoms with Gasteiger partial charge in [-0.3, -0.25) is 19.1 Å². The van der Waals surface area contributed by atoms with Gasteiger partial charge in [-0.15, -0.1) is 11.3 Å². The van der Waals surface area contributed by atoms with Gasteiger partial charge < -0.3 is 10.6 Å². The smallest absolute Gasteiger partial charge is 0.330 e. The molecule has 3 rings (SSSR count). The van der Waals surface area contributed by atoms with Crippen LogP contribution in [0.15, 0.2) is 31.3 Å². The minimum Gasteiger partial charge on any atom is -0.383 e. The maximum atomic E-state index is 13.7. The molecule has 0 atom stereocenters. The molecule has 3 N–H and O–H groups in total. The standard InChI is InChI=1S/C23H35N5O5S2/c1-4-5-11-28-20(24)19(21(29)25-23(28)31)27(14-8-16(2)3)22(30)17-9-12-26(13-10-17)35(32,33)18-7-6-15-34-18/h6-7,15-17H,4-5,8-14,24H2,1-3H3,(H,25,29,31). The summed E-state index contributed by atoms with van der Waals surface area (Å²) in [4.78, 5) is 42.6. The predicted molar refractivity (Wildman–Crippen MR) is 138 cm³/mol. The zero-order valence-corrected chi connectivity index (χ0v) is 22.2. The Morgan fingerprint density at radius 2 is 1.97 bits per heavy atom. The van der Waals surface area contributed by atoms with E-state index in [0.29, 0.717) is 32.2 Å². The molecule has 12 heteroatoms. The number of H-pyrrole nitrogens is 1. The quantitative estimate of drug-likeness (QED) is 0.489. The van der Waals surface area contributed by atoms with Gasteiger partial charge in [0.1, 0.15) is 10.0 Å². The lowest BCUT2D eigenvalue weighted by atomic mass is 9.96. The first-order chi connectivity index (χ1) is 16.6. The van der Waals surface area contributed by atoms with Gasteiger partial charge in [-0.1, -0.05) is 33.3 Å². The lowest BCUT2D eigenvalue weighted by Crippen LogP contribution is -2.47. The predicted octanol–water partition coefficient (Wildman–Crippen LogP) is 2.46. The Labute approximate surface area is 209 Å². The Kier molecular flexibility index (Phi) is 8.94. The van der Waals surface area contributed by atoms with Gasteiger partial charge >= 0.3 is 5.69 Å². The number of carbonyl (C=O) groups excluding carboxylic acids is 1.